The summed E-state index contributed by atoms with van der Waals surface area (Å²) in [5.74, 6) is 0.962. The first-order valence-electron chi connectivity index (χ1n) is 5.05. The van der Waals surface area contributed by atoms with Crippen molar-refractivity contribution in [3.05, 3.63) is 9.74 Å². The van der Waals surface area contributed by atoms with Crippen molar-refractivity contribution in [3.63, 3.8) is 0 Å². The standard InChI is InChI=1S/C9H14BrN3S/c10-9-11-8(12-14-9)7-13-5-3-1-2-4-6-13/h1-7H2. The second-order valence-electron chi connectivity index (χ2n) is 3.65. The Morgan fingerprint density at radius 2 is 1.93 bits per heavy atom. The van der Waals surface area contributed by atoms with E-state index in [0.29, 0.717) is 0 Å². The first-order chi connectivity index (χ1) is 6.84. The van der Waals surface area contributed by atoms with E-state index in [4.69, 9.17) is 0 Å². The van der Waals surface area contributed by atoms with Crippen molar-refractivity contribution in [3.8, 4) is 0 Å². The van der Waals surface area contributed by atoms with Gasteiger partial charge in [-0.3, -0.25) is 4.90 Å². The number of rotatable bonds is 2. The van der Waals surface area contributed by atoms with Gasteiger partial charge in [-0.15, -0.1) is 0 Å². The lowest BCUT2D eigenvalue weighted by molar-refractivity contribution is 0.271. The molecule has 0 atom stereocenters. The van der Waals surface area contributed by atoms with Crippen molar-refractivity contribution < 1.29 is 0 Å². The second kappa shape index (κ2) is 5.19. The molecule has 0 bridgehead atoms. The van der Waals surface area contributed by atoms with Crippen molar-refractivity contribution in [1.29, 1.82) is 0 Å². The van der Waals surface area contributed by atoms with Crippen LogP contribution in [0.15, 0.2) is 3.92 Å². The molecule has 0 unspecified atom stereocenters. The maximum absolute atomic E-state index is 4.32. The minimum Gasteiger partial charge on any atom is -0.296 e. The van der Waals surface area contributed by atoms with Gasteiger partial charge in [0.15, 0.2) is 9.74 Å². The molecule has 0 spiro atoms. The van der Waals surface area contributed by atoms with Gasteiger partial charge in [-0.1, -0.05) is 12.8 Å². The SMILES string of the molecule is Brc1nc(CN2CCCCCC2)ns1. The molecule has 0 amide bonds. The molecule has 0 saturated carbocycles. The number of aromatic nitrogens is 2. The van der Waals surface area contributed by atoms with Crippen LogP contribution in [-0.2, 0) is 6.54 Å². The largest absolute Gasteiger partial charge is 0.296 e. The predicted molar refractivity (Wildman–Crippen MR) is 61.4 cm³/mol. The van der Waals surface area contributed by atoms with Crippen molar-refractivity contribution in [2.24, 2.45) is 0 Å². The summed E-state index contributed by atoms with van der Waals surface area (Å²) in [6, 6.07) is 0. The third-order valence-corrected chi connectivity index (χ3v) is 3.66. The highest BCUT2D eigenvalue weighted by molar-refractivity contribution is 9.11. The third-order valence-electron chi connectivity index (χ3n) is 2.51. The Kier molecular flexibility index (Phi) is 3.89. The van der Waals surface area contributed by atoms with Gasteiger partial charge in [0.2, 0.25) is 0 Å². The van der Waals surface area contributed by atoms with Crippen LogP contribution in [0.25, 0.3) is 0 Å². The van der Waals surface area contributed by atoms with E-state index in [2.05, 4.69) is 30.2 Å². The summed E-state index contributed by atoms with van der Waals surface area (Å²) >= 11 is 4.77. The fourth-order valence-corrected chi connectivity index (χ4v) is 2.64. The van der Waals surface area contributed by atoms with Crippen LogP contribution in [0.1, 0.15) is 31.5 Å². The molecule has 2 rings (SSSR count). The Hall–Kier alpha value is -0.0000000000000000555. The maximum Gasteiger partial charge on any atom is 0.179 e. The number of hydrogen-bond donors (Lipinski definition) is 0. The highest BCUT2D eigenvalue weighted by Gasteiger charge is 2.11. The van der Waals surface area contributed by atoms with E-state index < -0.39 is 0 Å². The van der Waals surface area contributed by atoms with E-state index in [1.807, 2.05) is 0 Å². The zero-order valence-electron chi connectivity index (χ0n) is 8.08. The summed E-state index contributed by atoms with van der Waals surface area (Å²) in [7, 11) is 0. The Morgan fingerprint density at radius 1 is 1.21 bits per heavy atom. The number of likely N-dealkylation sites (tertiary alicyclic amines) is 1. The average molecular weight is 276 g/mol. The van der Waals surface area contributed by atoms with Crippen LogP contribution in [0.4, 0.5) is 0 Å². The van der Waals surface area contributed by atoms with Gasteiger partial charge in [-0.25, -0.2) is 4.98 Å². The summed E-state index contributed by atoms with van der Waals surface area (Å²) < 4.78 is 5.17. The lowest BCUT2D eigenvalue weighted by Gasteiger charge is -2.17. The quantitative estimate of drug-likeness (QED) is 0.831. The van der Waals surface area contributed by atoms with Gasteiger partial charge in [-0.05, 0) is 53.4 Å². The minimum atomic E-state index is 0.891. The van der Waals surface area contributed by atoms with Gasteiger partial charge in [0.1, 0.15) is 0 Å². The summed E-state index contributed by atoms with van der Waals surface area (Å²) in [6.45, 7) is 3.33. The molecule has 0 N–H and O–H groups in total. The van der Waals surface area contributed by atoms with Crippen LogP contribution in [-0.4, -0.2) is 27.3 Å². The van der Waals surface area contributed by atoms with Crippen LogP contribution in [0.3, 0.4) is 0 Å². The van der Waals surface area contributed by atoms with Crippen molar-refractivity contribution in [2.45, 2.75) is 32.2 Å². The fourth-order valence-electron chi connectivity index (χ4n) is 1.79. The molecule has 3 nitrogen and oxygen atoms in total. The molecule has 0 aromatic carbocycles. The monoisotopic (exact) mass is 275 g/mol. The molecule has 1 aromatic rings. The van der Waals surface area contributed by atoms with E-state index in [1.54, 1.807) is 0 Å². The Labute approximate surface area is 96.8 Å². The third kappa shape index (κ3) is 3.00. The van der Waals surface area contributed by atoms with Crippen molar-refractivity contribution in [2.75, 3.05) is 13.1 Å². The van der Waals surface area contributed by atoms with E-state index in [9.17, 15) is 0 Å². The van der Waals surface area contributed by atoms with Gasteiger partial charge in [0.05, 0.1) is 6.54 Å². The van der Waals surface area contributed by atoms with Crippen LogP contribution in [0, 0.1) is 0 Å². The maximum atomic E-state index is 4.32. The normalized spacial score (nSPS) is 19.5. The minimum absolute atomic E-state index is 0.891. The van der Waals surface area contributed by atoms with E-state index in [-0.39, 0.29) is 0 Å². The van der Waals surface area contributed by atoms with Gasteiger partial charge in [0.25, 0.3) is 0 Å². The van der Waals surface area contributed by atoms with Crippen molar-refractivity contribution >= 4 is 27.5 Å². The molecule has 0 aliphatic carbocycles. The molecule has 78 valence electrons. The lowest BCUT2D eigenvalue weighted by atomic mass is 10.2. The average Bonchev–Trinajstić information content (AvgIpc) is 2.43. The number of hydrogen-bond acceptors (Lipinski definition) is 4. The molecule has 14 heavy (non-hydrogen) atoms. The molecular formula is C9H14BrN3S. The van der Waals surface area contributed by atoms with Gasteiger partial charge in [-0.2, -0.15) is 4.37 Å². The molecule has 5 heteroatoms. The molecule has 1 saturated heterocycles. The van der Waals surface area contributed by atoms with Crippen LogP contribution in [0.5, 0.6) is 0 Å². The van der Waals surface area contributed by atoms with E-state index >= 15 is 0 Å². The van der Waals surface area contributed by atoms with Crippen LogP contribution in [0.2, 0.25) is 0 Å². The van der Waals surface area contributed by atoms with Gasteiger partial charge in [0, 0.05) is 0 Å². The molecule has 2 heterocycles. The first kappa shape index (κ1) is 10.5. The number of halogens is 1. The second-order valence-corrected chi connectivity index (χ2v) is 5.68. The highest BCUT2D eigenvalue weighted by Crippen LogP contribution is 2.15. The molecule has 1 aromatic heterocycles. The Morgan fingerprint density at radius 3 is 2.50 bits per heavy atom. The first-order valence-corrected chi connectivity index (χ1v) is 6.62. The smallest absolute Gasteiger partial charge is 0.179 e. The van der Waals surface area contributed by atoms with Gasteiger partial charge >= 0.3 is 0 Å². The summed E-state index contributed by atoms with van der Waals surface area (Å²) in [4.78, 5) is 6.78. The van der Waals surface area contributed by atoms with E-state index in [0.717, 1.165) is 16.3 Å². The number of nitrogens with zero attached hydrogens (tertiary/aromatic N) is 3. The fraction of sp³-hybridized carbons (Fsp3) is 0.778. The highest BCUT2D eigenvalue weighted by atomic mass is 79.9. The molecule has 1 aliphatic heterocycles. The summed E-state index contributed by atoms with van der Waals surface area (Å²) in [5.41, 5.74) is 0. The summed E-state index contributed by atoms with van der Waals surface area (Å²) in [6.07, 6.45) is 5.41. The van der Waals surface area contributed by atoms with Crippen LogP contribution >= 0.6 is 27.5 Å². The molecular weight excluding hydrogens is 262 g/mol. The lowest BCUT2D eigenvalue weighted by Crippen LogP contribution is -2.24. The zero-order chi connectivity index (χ0) is 9.80. The van der Waals surface area contributed by atoms with Crippen molar-refractivity contribution in [1.82, 2.24) is 14.3 Å². The summed E-state index contributed by atoms with van der Waals surface area (Å²) in [5, 5.41) is 0. The van der Waals surface area contributed by atoms with E-state index in [1.165, 1.54) is 50.3 Å². The van der Waals surface area contributed by atoms with Crippen LogP contribution < -0.4 is 0 Å². The predicted octanol–water partition coefficient (Wildman–Crippen LogP) is 2.68. The zero-order valence-corrected chi connectivity index (χ0v) is 10.5. The van der Waals surface area contributed by atoms with Gasteiger partial charge < -0.3 is 0 Å². The Balaban J connectivity index is 1.89. The molecule has 0 radical (unpaired) electrons. The Bertz CT molecular complexity index is 281. The molecule has 1 fully saturated rings. The topological polar surface area (TPSA) is 29.0 Å². The molecule has 1 aliphatic rings.